The summed E-state index contributed by atoms with van der Waals surface area (Å²) in [6, 6.07) is 8.93. The Balaban J connectivity index is 1.59. The summed E-state index contributed by atoms with van der Waals surface area (Å²) in [4.78, 5) is 50.2. The molecule has 0 spiro atoms. The number of imide groups is 2. The summed E-state index contributed by atoms with van der Waals surface area (Å²) in [5, 5.41) is 11.4. The van der Waals surface area contributed by atoms with Crippen LogP contribution in [0.2, 0.25) is 0 Å². The highest BCUT2D eigenvalue weighted by Gasteiger charge is 2.40. The Morgan fingerprint density at radius 1 is 1.20 bits per heavy atom. The molecule has 1 saturated heterocycles. The van der Waals surface area contributed by atoms with E-state index < -0.39 is 23.8 Å². The molecule has 2 aromatic carbocycles. The second-order valence-electron chi connectivity index (χ2n) is 8.26. The fourth-order valence-electron chi connectivity index (χ4n) is 4.24. The van der Waals surface area contributed by atoms with E-state index in [1.807, 2.05) is 0 Å². The topological polar surface area (TPSA) is 122 Å². The lowest BCUT2D eigenvalue weighted by Crippen LogP contribution is -2.57. The summed E-state index contributed by atoms with van der Waals surface area (Å²) in [6.45, 7) is 0.118. The quantitative estimate of drug-likeness (QED) is 0.284. The number of methoxy groups -OCH3 is 1. The molecule has 2 N–H and O–H groups in total. The molecule has 35 heavy (non-hydrogen) atoms. The number of carbonyl (C=O) groups excluding carboxylic acids is 3. The van der Waals surface area contributed by atoms with Crippen LogP contribution in [-0.2, 0) is 16.2 Å². The second kappa shape index (κ2) is 10.5. The van der Waals surface area contributed by atoms with Crippen LogP contribution < -0.4 is 14.8 Å². The van der Waals surface area contributed by atoms with Crippen LogP contribution in [0.3, 0.4) is 0 Å². The molecule has 1 heterocycles. The average molecular weight is 590 g/mol. The number of nitrogens with one attached hydrogen (secondary N) is 1. The Labute approximate surface area is 215 Å². The van der Waals surface area contributed by atoms with Gasteiger partial charge < -0.3 is 14.6 Å². The van der Waals surface area contributed by atoms with Crippen molar-refractivity contribution < 1.29 is 33.8 Å². The van der Waals surface area contributed by atoms with E-state index in [1.54, 1.807) is 24.3 Å². The fraction of sp³-hybridized carbons (Fsp3) is 0.280. The summed E-state index contributed by atoms with van der Waals surface area (Å²) in [6.07, 6.45) is 4.77. The van der Waals surface area contributed by atoms with E-state index in [2.05, 4.69) is 27.9 Å². The van der Waals surface area contributed by atoms with Gasteiger partial charge in [0.15, 0.2) is 11.5 Å². The predicted octanol–water partition coefficient (Wildman–Crippen LogP) is 3.98. The molecule has 182 valence electrons. The molecule has 4 rings (SSSR count). The molecular formula is C25H23IN2O7. The van der Waals surface area contributed by atoms with Crippen molar-refractivity contribution in [3.8, 4) is 11.5 Å². The van der Waals surface area contributed by atoms with Crippen LogP contribution in [0.1, 0.15) is 47.2 Å². The summed E-state index contributed by atoms with van der Waals surface area (Å²) in [5.41, 5.74) is 1.25. The molecule has 0 radical (unpaired) electrons. The van der Waals surface area contributed by atoms with Gasteiger partial charge in [0.25, 0.3) is 11.8 Å². The summed E-state index contributed by atoms with van der Waals surface area (Å²) < 4.78 is 12.1. The number of barbiturate groups is 1. The van der Waals surface area contributed by atoms with Gasteiger partial charge in [0.2, 0.25) is 0 Å². The van der Waals surface area contributed by atoms with Gasteiger partial charge in [-0.15, -0.1) is 0 Å². The van der Waals surface area contributed by atoms with Crippen molar-refractivity contribution in [3.05, 3.63) is 62.2 Å². The van der Waals surface area contributed by atoms with E-state index in [0.29, 0.717) is 26.2 Å². The second-order valence-corrected chi connectivity index (χ2v) is 9.42. The minimum absolute atomic E-state index is 0.117. The number of carbonyl (C=O) groups is 4. The van der Waals surface area contributed by atoms with Crippen LogP contribution in [-0.4, -0.2) is 47.0 Å². The fourth-order valence-corrected chi connectivity index (χ4v) is 5.03. The summed E-state index contributed by atoms with van der Waals surface area (Å²) in [5.74, 6) is -1.53. The first-order valence-corrected chi connectivity index (χ1v) is 12.1. The normalized spacial score (nSPS) is 17.6. The van der Waals surface area contributed by atoms with Crippen molar-refractivity contribution in [1.29, 1.82) is 0 Å². The average Bonchev–Trinajstić information content (AvgIpc) is 3.35. The Morgan fingerprint density at radius 2 is 1.94 bits per heavy atom. The van der Waals surface area contributed by atoms with E-state index in [9.17, 15) is 24.3 Å². The number of hydrogen-bond donors (Lipinski definition) is 2. The highest BCUT2D eigenvalue weighted by molar-refractivity contribution is 14.1. The van der Waals surface area contributed by atoms with Gasteiger partial charge in [0.1, 0.15) is 12.2 Å². The molecular weight excluding hydrogens is 567 g/mol. The van der Waals surface area contributed by atoms with Gasteiger partial charge in [0, 0.05) is 6.04 Å². The molecule has 2 fully saturated rings. The zero-order chi connectivity index (χ0) is 25.1. The zero-order valence-electron chi connectivity index (χ0n) is 18.9. The first-order valence-electron chi connectivity index (χ1n) is 11.0. The first-order chi connectivity index (χ1) is 16.8. The van der Waals surface area contributed by atoms with Crippen molar-refractivity contribution in [2.24, 2.45) is 0 Å². The van der Waals surface area contributed by atoms with Crippen LogP contribution in [0, 0.1) is 3.57 Å². The van der Waals surface area contributed by atoms with Crippen molar-refractivity contribution in [2.45, 2.75) is 38.3 Å². The number of carboxylic acids is 1. The molecule has 0 bridgehead atoms. The third-order valence-electron chi connectivity index (χ3n) is 5.94. The maximum absolute atomic E-state index is 13.1. The number of rotatable bonds is 7. The Kier molecular flexibility index (Phi) is 7.39. The third-order valence-corrected chi connectivity index (χ3v) is 6.74. The number of nitrogens with zero attached hydrogens (tertiary/aromatic N) is 1. The minimum Gasteiger partial charge on any atom is -0.493 e. The van der Waals surface area contributed by atoms with Gasteiger partial charge in [0.05, 0.1) is 16.2 Å². The Morgan fingerprint density at radius 3 is 2.63 bits per heavy atom. The summed E-state index contributed by atoms with van der Waals surface area (Å²) >= 11 is 2.06. The Hall–Kier alpha value is -3.41. The standard InChI is InChI=1S/C25H23IN2O7/c1-34-20-12-15(10-18-22(29)27-25(33)28(23(18)30)17-7-2-3-8-17)11-19(26)21(20)35-13-14-5-4-6-16(9-14)24(31)32/h4-6,9-12,17H,2-3,7-8,13H2,1H3,(H,31,32)(H,27,29,33)/b18-10+. The molecule has 0 aromatic heterocycles. The number of benzene rings is 2. The maximum Gasteiger partial charge on any atom is 0.335 e. The molecule has 1 aliphatic heterocycles. The van der Waals surface area contributed by atoms with Crippen LogP contribution in [0.25, 0.3) is 6.08 Å². The highest BCUT2D eigenvalue weighted by atomic mass is 127. The number of ether oxygens (including phenoxy) is 2. The van der Waals surface area contributed by atoms with Crippen molar-refractivity contribution >= 4 is 52.5 Å². The number of aromatic carboxylic acids is 1. The number of carboxylic acid groups (broad SMARTS) is 1. The number of amides is 4. The number of hydrogen-bond acceptors (Lipinski definition) is 6. The van der Waals surface area contributed by atoms with E-state index in [1.165, 1.54) is 25.3 Å². The maximum atomic E-state index is 13.1. The molecule has 4 amide bonds. The van der Waals surface area contributed by atoms with E-state index in [4.69, 9.17) is 9.47 Å². The van der Waals surface area contributed by atoms with Gasteiger partial charge >= 0.3 is 12.0 Å². The van der Waals surface area contributed by atoms with Crippen LogP contribution in [0.4, 0.5) is 4.79 Å². The first kappa shape index (κ1) is 24.7. The molecule has 2 aliphatic rings. The third kappa shape index (κ3) is 5.31. The smallest absolute Gasteiger partial charge is 0.335 e. The molecule has 1 saturated carbocycles. The molecule has 0 unspecified atom stereocenters. The van der Waals surface area contributed by atoms with Crippen molar-refractivity contribution in [1.82, 2.24) is 10.2 Å². The van der Waals surface area contributed by atoms with Gasteiger partial charge in [-0.3, -0.25) is 19.8 Å². The molecule has 10 heteroatoms. The van der Waals surface area contributed by atoms with Gasteiger partial charge in [-0.2, -0.15) is 0 Å². The van der Waals surface area contributed by atoms with Gasteiger partial charge in [-0.05, 0) is 76.9 Å². The van der Waals surface area contributed by atoms with Gasteiger partial charge in [-0.25, -0.2) is 9.59 Å². The monoisotopic (exact) mass is 590 g/mol. The van der Waals surface area contributed by atoms with E-state index in [0.717, 1.165) is 30.6 Å². The van der Waals surface area contributed by atoms with Crippen molar-refractivity contribution in [2.75, 3.05) is 7.11 Å². The Bertz CT molecular complexity index is 1230. The predicted molar refractivity (Wildman–Crippen MR) is 134 cm³/mol. The zero-order valence-corrected chi connectivity index (χ0v) is 21.0. The van der Waals surface area contributed by atoms with Gasteiger partial charge in [-0.1, -0.05) is 25.0 Å². The van der Waals surface area contributed by atoms with Crippen LogP contribution in [0.5, 0.6) is 11.5 Å². The lowest BCUT2D eigenvalue weighted by Gasteiger charge is -2.31. The highest BCUT2D eigenvalue weighted by Crippen LogP contribution is 2.36. The largest absolute Gasteiger partial charge is 0.493 e. The van der Waals surface area contributed by atoms with Crippen LogP contribution >= 0.6 is 22.6 Å². The summed E-state index contributed by atoms with van der Waals surface area (Å²) in [7, 11) is 1.47. The lowest BCUT2D eigenvalue weighted by molar-refractivity contribution is -0.131. The molecule has 1 aliphatic carbocycles. The van der Waals surface area contributed by atoms with E-state index >= 15 is 0 Å². The van der Waals surface area contributed by atoms with Crippen LogP contribution in [0.15, 0.2) is 42.0 Å². The number of halogens is 1. The molecule has 0 atom stereocenters. The van der Waals surface area contributed by atoms with Crippen molar-refractivity contribution in [3.63, 3.8) is 0 Å². The SMILES string of the molecule is COc1cc(/C=C2\C(=O)NC(=O)N(C3CCCC3)C2=O)cc(I)c1OCc1cccc(C(=O)O)c1. The lowest BCUT2D eigenvalue weighted by atomic mass is 10.0. The number of urea groups is 1. The van der Waals surface area contributed by atoms with E-state index in [-0.39, 0.29) is 23.8 Å². The molecule has 9 nitrogen and oxygen atoms in total. The minimum atomic E-state index is -1.02. The molecule has 2 aromatic rings.